The lowest BCUT2D eigenvalue weighted by Gasteiger charge is -2.16. The second kappa shape index (κ2) is 7.46. The normalized spacial score (nSPS) is 18.1. The maximum atomic E-state index is 5.84. The van der Waals surface area contributed by atoms with E-state index >= 15 is 0 Å². The maximum Gasteiger partial charge on any atom is 0.0594 e. The summed E-state index contributed by atoms with van der Waals surface area (Å²) in [5, 5.41) is 3.51. The van der Waals surface area contributed by atoms with Crippen molar-refractivity contribution in [2.45, 2.75) is 44.8 Å². The first kappa shape index (κ1) is 14.3. The molecular weight excluding hydrogens is 337 g/mol. The zero-order valence-electron chi connectivity index (χ0n) is 11.0. The number of hydrogen-bond acceptors (Lipinski definition) is 2. The molecule has 1 aliphatic carbocycles. The first-order valence-electron chi connectivity index (χ1n) is 6.86. The van der Waals surface area contributed by atoms with E-state index < -0.39 is 0 Å². The van der Waals surface area contributed by atoms with Crippen molar-refractivity contribution in [2.24, 2.45) is 0 Å². The summed E-state index contributed by atoms with van der Waals surface area (Å²) in [5.74, 6) is 0. The van der Waals surface area contributed by atoms with E-state index in [0.717, 1.165) is 13.2 Å². The number of ether oxygens (including phenoxy) is 1. The van der Waals surface area contributed by atoms with Gasteiger partial charge in [-0.2, -0.15) is 0 Å². The molecule has 100 valence electrons. The summed E-state index contributed by atoms with van der Waals surface area (Å²) in [7, 11) is 0. The summed E-state index contributed by atoms with van der Waals surface area (Å²) in [6.45, 7) is 3.97. The highest BCUT2D eigenvalue weighted by Gasteiger charge is 2.14. The minimum absolute atomic E-state index is 0.397. The monoisotopic (exact) mass is 359 g/mol. The van der Waals surface area contributed by atoms with Gasteiger partial charge in [0.2, 0.25) is 0 Å². The van der Waals surface area contributed by atoms with E-state index in [1.165, 1.54) is 34.8 Å². The molecule has 1 aromatic carbocycles. The Bertz CT molecular complexity index is 346. The Morgan fingerprint density at radius 3 is 2.61 bits per heavy atom. The summed E-state index contributed by atoms with van der Waals surface area (Å²) >= 11 is 2.34. The van der Waals surface area contributed by atoms with Crippen LogP contribution < -0.4 is 5.32 Å². The predicted octanol–water partition coefficient (Wildman–Crippen LogP) is 3.90. The quantitative estimate of drug-likeness (QED) is 0.615. The van der Waals surface area contributed by atoms with Crippen molar-refractivity contribution >= 4 is 22.6 Å². The van der Waals surface area contributed by atoms with Crippen molar-refractivity contribution in [3.8, 4) is 0 Å². The van der Waals surface area contributed by atoms with Crippen LogP contribution in [0.15, 0.2) is 24.3 Å². The number of hydrogen-bond donors (Lipinski definition) is 1. The van der Waals surface area contributed by atoms with Gasteiger partial charge in [-0.15, -0.1) is 0 Å². The second-order valence-corrected chi connectivity index (χ2v) is 6.25. The van der Waals surface area contributed by atoms with Gasteiger partial charge in [0.1, 0.15) is 0 Å². The van der Waals surface area contributed by atoms with Crippen LogP contribution in [0, 0.1) is 3.57 Å². The number of nitrogens with one attached hydrogen (secondary N) is 1. The number of benzene rings is 1. The molecule has 1 saturated carbocycles. The van der Waals surface area contributed by atoms with Crippen LogP contribution in [0.4, 0.5) is 0 Å². The molecule has 2 nitrogen and oxygen atoms in total. The highest BCUT2D eigenvalue weighted by atomic mass is 127. The van der Waals surface area contributed by atoms with E-state index in [1.807, 2.05) is 0 Å². The van der Waals surface area contributed by atoms with E-state index in [9.17, 15) is 0 Å². The molecule has 0 radical (unpaired) electrons. The van der Waals surface area contributed by atoms with Gasteiger partial charge in [-0.1, -0.05) is 25.0 Å². The minimum Gasteiger partial charge on any atom is -0.377 e. The summed E-state index contributed by atoms with van der Waals surface area (Å²) in [5.41, 5.74) is 1.34. The molecule has 1 unspecified atom stereocenters. The Balaban J connectivity index is 1.64. The van der Waals surface area contributed by atoms with Crippen LogP contribution in [0.1, 0.15) is 44.2 Å². The Labute approximate surface area is 124 Å². The van der Waals surface area contributed by atoms with Gasteiger partial charge in [-0.05, 0) is 60.1 Å². The highest BCUT2D eigenvalue weighted by Crippen LogP contribution is 2.20. The van der Waals surface area contributed by atoms with Gasteiger partial charge in [0.25, 0.3) is 0 Å². The fourth-order valence-corrected chi connectivity index (χ4v) is 2.78. The van der Waals surface area contributed by atoms with Gasteiger partial charge in [0.05, 0.1) is 12.7 Å². The van der Waals surface area contributed by atoms with Crippen LogP contribution in [-0.2, 0) is 4.74 Å². The summed E-state index contributed by atoms with van der Waals surface area (Å²) < 4.78 is 7.13. The molecule has 0 aromatic heterocycles. The standard InChI is InChI=1S/C15H22INO/c1-12(13-6-8-14(16)9-7-13)17-10-11-18-15-4-2-3-5-15/h6-9,12,15,17H,2-5,10-11H2,1H3. The van der Waals surface area contributed by atoms with Gasteiger partial charge in [-0.25, -0.2) is 0 Å². The van der Waals surface area contributed by atoms with Crippen molar-refractivity contribution in [2.75, 3.05) is 13.2 Å². The Kier molecular flexibility index (Phi) is 5.92. The molecule has 0 spiro atoms. The Hall–Kier alpha value is -0.130. The van der Waals surface area contributed by atoms with Gasteiger partial charge in [0.15, 0.2) is 0 Å². The fourth-order valence-electron chi connectivity index (χ4n) is 2.43. The third-order valence-electron chi connectivity index (χ3n) is 3.58. The molecule has 0 amide bonds. The molecular formula is C15H22INO. The fraction of sp³-hybridized carbons (Fsp3) is 0.600. The van der Waals surface area contributed by atoms with Crippen molar-refractivity contribution < 1.29 is 4.74 Å². The van der Waals surface area contributed by atoms with Crippen molar-refractivity contribution in [1.29, 1.82) is 0 Å². The molecule has 0 aliphatic heterocycles. The van der Waals surface area contributed by atoms with Crippen LogP contribution in [0.5, 0.6) is 0 Å². The summed E-state index contributed by atoms with van der Waals surface area (Å²) in [4.78, 5) is 0. The average molecular weight is 359 g/mol. The third kappa shape index (κ3) is 4.52. The molecule has 0 saturated heterocycles. The van der Waals surface area contributed by atoms with Crippen molar-refractivity contribution in [1.82, 2.24) is 5.32 Å². The van der Waals surface area contributed by atoms with Crippen molar-refractivity contribution in [3.05, 3.63) is 33.4 Å². The molecule has 1 fully saturated rings. The summed E-state index contributed by atoms with van der Waals surface area (Å²) in [6.07, 6.45) is 5.73. The third-order valence-corrected chi connectivity index (χ3v) is 4.30. The molecule has 0 bridgehead atoms. The predicted molar refractivity (Wildman–Crippen MR) is 83.8 cm³/mol. The van der Waals surface area contributed by atoms with Crippen LogP contribution in [0.25, 0.3) is 0 Å². The van der Waals surface area contributed by atoms with Crippen LogP contribution in [-0.4, -0.2) is 19.3 Å². The van der Waals surface area contributed by atoms with E-state index in [4.69, 9.17) is 4.74 Å². The highest BCUT2D eigenvalue weighted by molar-refractivity contribution is 14.1. The SMILES string of the molecule is CC(NCCOC1CCCC1)c1ccc(I)cc1. The van der Waals surface area contributed by atoms with Gasteiger partial charge < -0.3 is 10.1 Å². The van der Waals surface area contributed by atoms with Gasteiger partial charge in [0, 0.05) is 16.2 Å². The van der Waals surface area contributed by atoms with E-state index in [1.54, 1.807) is 0 Å². The van der Waals surface area contributed by atoms with E-state index in [-0.39, 0.29) is 0 Å². The Morgan fingerprint density at radius 2 is 1.94 bits per heavy atom. The zero-order chi connectivity index (χ0) is 12.8. The molecule has 1 N–H and O–H groups in total. The number of rotatable bonds is 6. The lowest BCUT2D eigenvalue weighted by atomic mass is 10.1. The van der Waals surface area contributed by atoms with Gasteiger partial charge >= 0.3 is 0 Å². The van der Waals surface area contributed by atoms with E-state index in [0.29, 0.717) is 12.1 Å². The first-order chi connectivity index (χ1) is 8.75. The molecule has 2 rings (SSSR count). The van der Waals surface area contributed by atoms with Crippen molar-refractivity contribution in [3.63, 3.8) is 0 Å². The minimum atomic E-state index is 0.397. The maximum absolute atomic E-state index is 5.84. The van der Waals surface area contributed by atoms with Crippen LogP contribution in [0.3, 0.4) is 0 Å². The zero-order valence-corrected chi connectivity index (χ0v) is 13.2. The first-order valence-corrected chi connectivity index (χ1v) is 7.94. The lowest BCUT2D eigenvalue weighted by molar-refractivity contribution is 0.0593. The molecule has 3 heteroatoms. The average Bonchev–Trinajstić information content (AvgIpc) is 2.88. The topological polar surface area (TPSA) is 21.3 Å². The van der Waals surface area contributed by atoms with E-state index in [2.05, 4.69) is 59.1 Å². The largest absolute Gasteiger partial charge is 0.377 e. The van der Waals surface area contributed by atoms with Gasteiger partial charge in [-0.3, -0.25) is 0 Å². The molecule has 0 heterocycles. The lowest BCUT2D eigenvalue weighted by Crippen LogP contribution is -2.25. The summed E-state index contributed by atoms with van der Waals surface area (Å²) in [6, 6.07) is 9.09. The molecule has 18 heavy (non-hydrogen) atoms. The molecule has 1 aromatic rings. The second-order valence-electron chi connectivity index (χ2n) is 5.00. The number of halogens is 1. The smallest absolute Gasteiger partial charge is 0.0594 e. The van der Waals surface area contributed by atoms with Crippen LogP contribution >= 0.6 is 22.6 Å². The molecule has 1 aliphatic rings. The van der Waals surface area contributed by atoms with Crippen LogP contribution in [0.2, 0.25) is 0 Å². The Morgan fingerprint density at radius 1 is 1.28 bits per heavy atom. The molecule has 1 atom stereocenters.